The Morgan fingerprint density at radius 3 is 2.90 bits per heavy atom. The van der Waals surface area contributed by atoms with E-state index in [1.807, 2.05) is 24.3 Å². The first-order chi connectivity index (χ1) is 10.1. The quantitative estimate of drug-likeness (QED) is 0.674. The summed E-state index contributed by atoms with van der Waals surface area (Å²) < 4.78 is 6.84. The molecule has 0 bridgehead atoms. The molecule has 1 atom stereocenters. The molecule has 0 amide bonds. The lowest BCUT2D eigenvalue weighted by Crippen LogP contribution is -2.10. The van der Waals surface area contributed by atoms with Crippen LogP contribution in [0.2, 0.25) is 10.0 Å². The number of halogens is 3. The molecule has 2 aromatic carbocycles. The van der Waals surface area contributed by atoms with Gasteiger partial charge in [0.05, 0.1) is 28.4 Å². The van der Waals surface area contributed by atoms with Crippen LogP contribution in [0.1, 0.15) is 24.4 Å². The maximum absolute atomic E-state index is 6.27. The van der Waals surface area contributed by atoms with E-state index in [9.17, 15) is 0 Å². The lowest BCUT2D eigenvalue weighted by atomic mass is 10.0. The summed E-state index contributed by atoms with van der Waals surface area (Å²) in [7, 11) is 0. The molecule has 0 fully saturated rings. The van der Waals surface area contributed by atoms with Crippen LogP contribution in [0.25, 0.3) is 0 Å². The summed E-state index contributed by atoms with van der Waals surface area (Å²) in [5.74, 6) is 0.914. The number of fused-ring (bicyclic) bond motifs is 1. The van der Waals surface area contributed by atoms with Gasteiger partial charge in [-0.3, -0.25) is 0 Å². The summed E-state index contributed by atoms with van der Waals surface area (Å²) in [6.07, 6.45) is 1.97. The van der Waals surface area contributed by atoms with E-state index in [-0.39, 0.29) is 6.04 Å². The van der Waals surface area contributed by atoms with Crippen molar-refractivity contribution in [3.63, 3.8) is 0 Å². The minimum absolute atomic E-state index is 0.159. The van der Waals surface area contributed by atoms with Crippen molar-refractivity contribution in [1.82, 2.24) is 0 Å². The van der Waals surface area contributed by atoms with Crippen LogP contribution in [-0.2, 0) is 0 Å². The predicted molar refractivity (Wildman–Crippen MR) is 91.7 cm³/mol. The second-order valence-electron chi connectivity index (χ2n) is 4.97. The van der Waals surface area contributed by atoms with Gasteiger partial charge in [0.15, 0.2) is 0 Å². The Labute approximate surface area is 142 Å². The van der Waals surface area contributed by atoms with Gasteiger partial charge in [-0.1, -0.05) is 51.3 Å². The summed E-state index contributed by atoms with van der Waals surface area (Å²) in [6, 6.07) is 11.9. The third-order valence-electron chi connectivity index (χ3n) is 3.53. The molecule has 0 aliphatic carbocycles. The van der Waals surface area contributed by atoms with E-state index in [0.29, 0.717) is 10.0 Å². The fourth-order valence-corrected chi connectivity index (χ4v) is 3.19. The average Bonchev–Trinajstić information content (AvgIpc) is 2.66. The fraction of sp³-hybridized carbons (Fsp3) is 0.250. The van der Waals surface area contributed by atoms with Crippen LogP contribution < -0.4 is 10.1 Å². The largest absolute Gasteiger partial charge is 0.493 e. The minimum atomic E-state index is 0.159. The Balaban J connectivity index is 1.94. The molecule has 2 nitrogen and oxygen atoms in total. The second-order valence-corrected chi connectivity index (χ2v) is 6.67. The van der Waals surface area contributed by atoms with Crippen molar-refractivity contribution >= 4 is 44.8 Å². The highest BCUT2D eigenvalue weighted by atomic mass is 79.9. The monoisotopic (exact) mass is 385 g/mol. The summed E-state index contributed by atoms with van der Waals surface area (Å²) in [6.45, 7) is 0.727. The molecule has 1 aliphatic heterocycles. The second kappa shape index (κ2) is 6.47. The van der Waals surface area contributed by atoms with Crippen LogP contribution in [-0.4, -0.2) is 6.61 Å². The molecule has 110 valence electrons. The van der Waals surface area contributed by atoms with Gasteiger partial charge in [0, 0.05) is 10.0 Å². The SMILES string of the molecule is Clc1cccc(NC2CCCOc3cc(Br)ccc32)c1Cl. The van der Waals surface area contributed by atoms with Gasteiger partial charge >= 0.3 is 0 Å². The summed E-state index contributed by atoms with van der Waals surface area (Å²) in [5, 5.41) is 4.61. The van der Waals surface area contributed by atoms with Crippen molar-refractivity contribution in [3.05, 3.63) is 56.5 Å². The molecular formula is C16H14BrCl2NO. The zero-order valence-corrected chi connectivity index (χ0v) is 14.3. The van der Waals surface area contributed by atoms with E-state index in [4.69, 9.17) is 27.9 Å². The topological polar surface area (TPSA) is 21.3 Å². The Bertz CT molecular complexity index is 663. The number of hydrogen-bond acceptors (Lipinski definition) is 2. The highest BCUT2D eigenvalue weighted by molar-refractivity contribution is 9.10. The molecule has 1 heterocycles. The number of anilines is 1. The number of ether oxygens (including phenoxy) is 1. The van der Waals surface area contributed by atoms with Crippen molar-refractivity contribution in [3.8, 4) is 5.75 Å². The molecule has 0 saturated carbocycles. The van der Waals surface area contributed by atoms with Gasteiger partial charge < -0.3 is 10.1 Å². The summed E-state index contributed by atoms with van der Waals surface area (Å²) in [4.78, 5) is 0. The van der Waals surface area contributed by atoms with Crippen LogP contribution >= 0.6 is 39.1 Å². The van der Waals surface area contributed by atoms with Gasteiger partial charge in [0.2, 0.25) is 0 Å². The number of hydrogen-bond donors (Lipinski definition) is 1. The highest BCUT2D eigenvalue weighted by Gasteiger charge is 2.21. The first kappa shape index (κ1) is 15.0. The number of rotatable bonds is 2. The Morgan fingerprint density at radius 1 is 1.19 bits per heavy atom. The summed E-state index contributed by atoms with van der Waals surface area (Å²) in [5.41, 5.74) is 2.00. The maximum Gasteiger partial charge on any atom is 0.125 e. The molecule has 1 unspecified atom stereocenters. The third-order valence-corrected chi connectivity index (χ3v) is 4.84. The summed E-state index contributed by atoms with van der Waals surface area (Å²) >= 11 is 15.8. The van der Waals surface area contributed by atoms with Crippen LogP contribution in [0.5, 0.6) is 5.75 Å². The van der Waals surface area contributed by atoms with Crippen molar-refractivity contribution in [2.75, 3.05) is 11.9 Å². The smallest absolute Gasteiger partial charge is 0.125 e. The van der Waals surface area contributed by atoms with Crippen molar-refractivity contribution < 1.29 is 4.74 Å². The highest BCUT2D eigenvalue weighted by Crippen LogP contribution is 2.38. The lowest BCUT2D eigenvalue weighted by molar-refractivity contribution is 0.316. The van der Waals surface area contributed by atoms with Gasteiger partial charge in [-0.2, -0.15) is 0 Å². The van der Waals surface area contributed by atoms with Crippen LogP contribution in [0.3, 0.4) is 0 Å². The van der Waals surface area contributed by atoms with Crippen molar-refractivity contribution in [1.29, 1.82) is 0 Å². The molecule has 1 aliphatic rings. The number of benzene rings is 2. The zero-order chi connectivity index (χ0) is 14.8. The van der Waals surface area contributed by atoms with E-state index in [0.717, 1.165) is 40.9 Å². The number of nitrogens with one attached hydrogen (secondary N) is 1. The fourth-order valence-electron chi connectivity index (χ4n) is 2.50. The molecule has 0 spiro atoms. The molecule has 0 radical (unpaired) electrons. The van der Waals surface area contributed by atoms with Gasteiger partial charge in [-0.25, -0.2) is 0 Å². The Hall–Kier alpha value is -0.900. The zero-order valence-electron chi connectivity index (χ0n) is 11.2. The Morgan fingerprint density at radius 2 is 2.05 bits per heavy atom. The molecule has 0 saturated heterocycles. The van der Waals surface area contributed by atoms with E-state index in [2.05, 4.69) is 27.3 Å². The molecule has 1 N–H and O–H groups in total. The minimum Gasteiger partial charge on any atom is -0.493 e. The molecular weight excluding hydrogens is 373 g/mol. The molecule has 3 rings (SSSR count). The van der Waals surface area contributed by atoms with Crippen LogP contribution in [0.4, 0.5) is 5.69 Å². The van der Waals surface area contributed by atoms with Gasteiger partial charge in [-0.05, 0) is 37.1 Å². The van der Waals surface area contributed by atoms with E-state index in [1.54, 1.807) is 6.07 Å². The molecule has 0 aromatic heterocycles. The predicted octanol–water partition coefficient (Wildman–Crippen LogP) is 6.08. The lowest BCUT2D eigenvalue weighted by Gasteiger charge is -2.21. The maximum atomic E-state index is 6.27. The normalized spacial score (nSPS) is 17.6. The van der Waals surface area contributed by atoms with Gasteiger partial charge in [-0.15, -0.1) is 0 Å². The first-order valence-corrected chi connectivity index (χ1v) is 8.33. The molecule has 5 heteroatoms. The molecule has 2 aromatic rings. The van der Waals surface area contributed by atoms with Gasteiger partial charge in [0.25, 0.3) is 0 Å². The molecule has 21 heavy (non-hydrogen) atoms. The van der Waals surface area contributed by atoms with Crippen LogP contribution in [0.15, 0.2) is 40.9 Å². The van der Waals surface area contributed by atoms with Crippen LogP contribution in [0, 0.1) is 0 Å². The first-order valence-electron chi connectivity index (χ1n) is 6.78. The standard InChI is InChI=1S/C16H14BrCl2NO/c17-10-6-7-11-13(5-2-8-21-15(11)9-10)20-14-4-1-3-12(18)16(14)19/h1,3-4,6-7,9,13,20H,2,5,8H2. The third kappa shape index (κ3) is 3.31. The Kier molecular flexibility index (Phi) is 4.63. The van der Waals surface area contributed by atoms with Crippen molar-refractivity contribution in [2.24, 2.45) is 0 Å². The van der Waals surface area contributed by atoms with Gasteiger partial charge in [0.1, 0.15) is 5.75 Å². The van der Waals surface area contributed by atoms with E-state index >= 15 is 0 Å². The average molecular weight is 387 g/mol. The van der Waals surface area contributed by atoms with E-state index < -0.39 is 0 Å². The van der Waals surface area contributed by atoms with Crippen molar-refractivity contribution in [2.45, 2.75) is 18.9 Å². The van der Waals surface area contributed by atoms with E-state index in [1.165, 1.54) is 0 Å².